The minimum atomic E-state index is -0.818. The molecule has 1 N–H and O–H groups in total. The number of benzene rings is 2. The second-order valence-corrected chi connectivity index (χ2v) is 8.81. The minimum absolute atomic E-state index is 0.121. The summed E-state index contributed by atoms with van der Waals surface area (Å²) < 4.78 is 11.2. The lowest BCUT2D eigenvalue weighted by Gasteiger charge is -2.33. The van der Waals surface area contributed by atoms with Crippen LogP contribution in [0.25, 0.3) is 0 Å². The molecular weight excluding hydrogens is 452 g/mol. The lowest BCUT2D eigenvalue weighted by molar-refractivity contribution is -0.139. The smallest absolute Gasteiger partial charge is 0.247 e. The van der Waals surface area contributed by atoms with Crippen LogP contribution in [0.15, 0.2) is 48.5 Å². The Kier molecular flexibility index (Phi) is 10.1. The molecule has 7 heteroatoms. The van der Waals surface area contributed by atoms with Gasteiger partial charge >= 0.3 is 0 Å². The van der Waals surface area contributed by atoms with Crippen LogP contribution in [-0.2, 0) is 16.0 Å². The van der Waals surface area contributed by atoms with Crippen LogP contribution < -0.4 is 14.8 Å². The molecule has 0 bridgehead atoms. The predicted octanol–water partition coefficient (Wildman–Crippen LogP) is 4.89. The Balaban J connectivity index is 1.94. The quantitative estimate of drug-likeness (QED) is 0.459. The highest BCUT2D eigenvalue weighted by molar-refractivity contribution is 6.27. The molecule has 1 aliphatic carbocycles. The number of alkyl halides is 1. The van der Waals surface area contributed by atoms with Crippen molar-refractivity contribution in [2.24, 2.45) is 0 Å². The third-order valence-electron chi connectivity index (χ3n) is 6.23. The van der Waals surface area contributed by atoms with Gasteiger partial charge in [-0.05, 0) is 49.4 Å². The Morgan fingerprint density at radius 2 is 1.82 bits per heavy atom. The largest absolute Gasteiger partial charge is 0.493 e. The number of hydrogen-bond acceptors (Lipinski definition) is 4. The van der Waals surface area contributed by atoms with E-state index < -0.39 is 6.04 Å². The Labute approximate surface area is 207 Å². The number of carbonyl (C=O) groups is 2. The average molecular weight is 487 g/mol. The van der Waals surface area contributed by atoms with Gasteiger partial charge in [-0.2, -0.15) is 0 Å². The summed E-state index contributed by atoms with van der Waals surface area (Å²) in [6.45, 7) is 2.77. The number of nitrogens with one attached hydrogen (secondary N) is 1. The van der Waals surface area contributed by atoms with Crippen molar-refractivity contribution in [2.45, 2.75) is 57.5 Å². The summed E-state index contributed by atoms with van der Waals surface area (Å²) >= 11 is 6.01. The zero-order valence-electron chi connectivity index (χ0n) is 20.1. The van der Waals surface area contributed by atoms with Crippen molar-refractivity contribution in [1.82, 2.24) is 10.2 Å². The summed E-state index contributed by atoms with van der Waals surface area (Å²) in [6, 6.07) is 14.6. The molecule has 0 spiro atoms. The molecule has 2 amide bonds. The molecule has 1 fully saturated rings. The maximum Gasteiger partial charge on any atom is 0.247 e. The molecule has 2 aromatic rings. The van der Waals surface area contributed by atoms with Gasteiger partial charge in [0.25, 0.3) is 0 Å². The van der Waals surface area contributed by atoms with Gasteiger partial charge in [0.1, 0.15) is 11.9 Å². The summed E-state index contributed by atoms with van der Waals surface area (Å²) in [5, 5.41) is 3.20. The van der Waals surface area contributed by atoms with E-state index in [2.05, 4.69) is 5.32 Å². The fourth-order valence-electron chi connectivity index (χ4n) is 4.50. The van der Waals surface area contributed by atoms with Crippen molar-refractivity contribution >= 4 is 23.4 Å². The van der Waals surface area contributed by atoms with Crippen molar-refractivity contribution in [3.63, 3.8) is 0 Å². The lowest BCUT2D eigenvalue weighted by atomic mass is 9.94. The first-order chi connectivity index (χ1) is 16.6. The molecule has 0 aromatic heterocycles. The molecule has 1 saturated carbocycles. The van der Waals surface area contributed by atoms with Crippen molar-refractivity contribution in [3.8, 4) is 11.5 Å². The lowest BCUT2D eigenvalue weighted by Crippen LogP contribution is -2.48. The molecule has 0 aliphatic heterocycles. The van der Waals surface area contributed by atoms with Gasteiger partial charge in [-0.1, -0.05) is 55.7 Å². The van der Waals surface area contributed by atoms with Crippen LogP contribution in [0.1, 0.15) is 56.2 Å². The number of methoxy groups -OCH3 is 1. The molecule has 0 saturated heterocycles. The highest BCUT2D eigenvalue weighted by Gasteiger charge is 2.33. The normalized spacial score (nSPS) is 14.8. The molecule has 6 nitrogen and oxygen atoms in total. The second kappa shape index (κ2) is 13.2. The van der Waals surface area contributed by atoms with Crippen LogP contribution >= 0.6 is 11.6 Å². The third-order valence-corrected chi connectivity index (χ3v) is 6.46. The third kappa shape index (κ3) is 6.89. The number of amides is 2. The van der Waals surface area contributed by atoms with E-state index in [4.69, 9.17) is 21.1 Å². The van der Waals surface area contributed by atoms with E-state index in [9.17, 15) is 9.59 Å². The first-order valence-corrected chi connectivity index (χ1v) is 12.6. The van der Waals surface area contributed by atoms with Crippen LogP contribution in [0.5, 0.6) is 11.5 Å². The second-order valence-electron chi connectivity index (χ2n) is 8.55. The molecule has 0 radical (unpaired) electrons. The number of ether oxygens (including phenoxy) is 2. The van der Waals surface area contributed by atoms with Gasteiger partial charge in [0.15, 0.2) is 11.5 Å². The van der Waals surface area contributed by atoms with Crippen LogP contribution in [-0.4, -0.2) is 48.9 Å². The molecule has 184 valence electrons. The number of carbonyl (C=O) groups excluding carboxylic acids is 2. The van der Waals surface area contributed by atoms with Crippen LogP contribution in [0.4, 0.5) is 0 Å². The Hall–Kier alpha value is -2.73. The topological polar surface area (TPSA) is 67.9 Å². The van der Waals surface area contributed by atoms with Gasteiger partial charge in [-0.25, -0.2) is 0 Å². The molecule has 0 heterocycles. The number of nitrogens with zero attached hydrogens (tertiary/aromatic N) is 1. The summed E-state index contributed by atoms with van der Waals surface area (Å²) in [5.41, 5.74) is 1.76. The first-order valence-electron chi connectivity index (χ1n) is 12.1. The fourth-order valence-corrected chi connectivity index (χ4v) is 4.65. The van der Waals surface area contributed by atoms with Gasteiger partial charge in [0.05, 0.1) is 13.7 Å². The van der Waals surface area contributed by atoms with Crippen molar-refractivity contribution in [2.75, 3.05) is 26.1 Å². The Morgan fingerprint density at radius 3 is 2.47 bits per heavy atom. The number of hydrogen-bond donors (Lipinski definition) is 1. The van der Waals surface area contributed by atoms with Crippen molar-refractivity contribution < 1.29 is 19.1 Å². The highest BCUT2D eigenvalue weighted by atomic mass is 35.5. The number of rotatable bonds is 11. The molecule has 1 aliphatic rings. The van der Waals surface area contributed by atoms with E-state index >= 15 is 0 Å². The van der Waals surface area contributed by atoms with E-state index in [1.165, 1.54) is 6.42 Å². The van der Waals surface area contributed by atoms with Crippen LogP contribution in [0.3, 0.4) is 0 Å². The molecule has 2 aromatic carbocycles. The zero-order chi connectivity index (χ0) is 24.3. The van der Waals surface area contributed by atoms with E-state index in [0.717, 1.165) is 31.2 Å². The standard InChI is InChI=1S/C27H35ClN2O4/c1-3-34-23-15-14-21(18-24(23)33-2)26(27(32)29-22-12-8-5-9-13-22)30(25(31)19-28)17-16-20-10-6-4-7-11-20/h4,6-7,10-11,14-15,18,22,26H,3,5,8-9,12-13,16-17,19H2,1-2H3,(H,29,32)/t26-/m0/s1. The average Bonchev–Trinajstić information content (AvgIpc) is 2.87. The van der Waals surface area contributed by atoms with Crippen LogP contribution in [0.2, 0.25) is 0 Å². The Morgan fingerprint density at radius 1 is 1.09 bits per heavy atom. The molecular formula is C27H35ClN2O4. The van der Waals surface area contributed by atoms with Crippen molar-refractivity contribution in [3.05, 3.63) is 59.7 Å². The number of halogens is 1. The molecule has 3 rings (SSSR count). The predicted molar refractivity (Wildman–Crippen MR) is 134 cm³/mol. The highest BCUT2D eigenvalue weighted by Crippen LogP contribution is 2.33. The minimum Gasteiger partial charge on any atom is -0.493 e. The van der Waals surface area contributed by atoms with E-state index in [-0.39, 0.29) is 23.7 Å². The van der Waals surface area contributed by atoms with Gasteiger partial charge in [0.2, 0.25) is 11.8 Å². The Bertz CT molecular complexity index is 931. The fraction of sp³-hybridized carbons (Fsp3) is 0.481. The monoisotopic (exact) mass is 486 g/mol. The SMILES string of the molecule is CCOc1ccc([C@@H](C(=O)NC2CCCCC2)N(CCc2ccccc2)C(=O)CCl)cc1OC. The summed E-state index contributed by atoms with van der Waals surface area (Å²) in [7, 11) is 1.57. The summed E-state index contributed by atoms with van der Waals surface area (Å²) in [5.74, 6) is 0.450. The van der Waals surface area contributed by atoms with E-state index in [0.29, 0.717) is 36.6 Å². The van der Waals surface area contributed by atoms with Gasteiger partial charge < -0.3 is 19.7 Å². The maximum absolute atomic E-state index is 13.7. The van der Waals surface area contributed by atoms with Crippen LogP contribution in [0, 0.1) is 0 Å². The maximum atomic E-state index is 13.7. The molecule has 0 unspecified atom stereocenters. The van der Waals surface area contributed by atoms with E-state index in [1.54, 1.807) is 24.1 Å². The zero-order valence-corrected chi connectivity index (χ0v) is 20.9. The van der Waals surface area contributed by atoms with Gasteiger partial charge in [0, 0.05) is 12.6 Å². The first kappa shape index (κ1) is 25.9. The van der Waals surface area contributed by atoms with E-state index in [1.807, 2.05) is 43.3 Å². The molecule has 34 heavy (non-hydrogen) atoms. The van der Waals surface area contributed by atoms with Gasteiger partial charge in [-0.15, -0.1) is 11.6 Å². The van der Waals surface area contributed by atoms with Gasteiger partial charge in [-0.3, -0.25) is 9.59 Å². The van der Waals surface area contributed by atoms with Crippen molar-refractivity contribution in [1.29, 1.82) is 0 Å². The summed E-state index contributed by atoms with van der Waals surface area (Å²) in [6.07, 6.45) is 5.93. The molecule has 1 atom stereocenters. The summed E-state index contributed by atoms with van der Waals surface area (Å²) in [4.78, 5) is 28.3.